The lowest BCUT2D eigenvalue weighted by Gasteiger charge is -2.17. The van der Waals surface area contributed by atoms with Crippen LogP contribution in [0.2, 0.25) is 0 Å². The van der Waals surface area contributed by atoms with E-state index in [2.05, 4.69) is 36.3 Å². The molecule has 26 heavy (non-hydrogen) atoms. The molecule has 0 aliphatic heterocycles. The number of carbonyl (C=O) groups excluding carboxylic acids is 1. The third-order valence-electron chi connectivity index (χ3n) is 4.76. The molecule has 0 bridgehead atoms. The highest BCUT2D eigenvalue weighted by Crippen LogP contribution is 2.34. The van der Waals surface area contributed by atoms with Gasteiger partial charge in [-0.25, -0.2) is 4.98 Å². The molecule has 138 valence electrons. The maximum absolute atomic E-state index is 12.6. The van der Waals surface area contributed by atoms with Crippen molar-refractivity contribution in [2.24, 2.45) is 0 Å². The number of hydrogen-bond donors (Lipinski definition) is 1. The molecule has 5 nitrogen and oxygen atoms in total. The summed E-state index contributed by atoms with van der Waals surface area (Å²) in [5.74, 6) is 0.455. The van der Waals surface area contributed by atoms with Gasteiger partial charge in [-0.2, -0.15) is 0 Å². The normalized spacial score (nSPS) is 15.8. The number of rotatable bonds is 6. The lowest BCUT2D eigenvalue weighted by Crippen LogP contribution is -2.27. The van der Waals surface area contributed by atoms with Crippen LogP contribution in [-0.2, 0) is 6.42 Å². The van der Waals surface area contributed by atoms with Gasteiger partial charge in [-0.1, -0.05) is 17.7 Å². The molecule has 2 aromatic rings. The first kappa shape index (κ1) is 18.4. The number of likely N-dealkylation sites (N-methyl/N-ethyl adjacent to an activating group) is 1. The lowest BCUT2D eigenvalue weighted by molar-refractivity contribution is 0.0936. The first-order valence-electron chi connectivity index (χ1n) is 9.08. The van der Waals surface area contributed by atoms with Gasteiger partial charge in [0, 0.05) is 18.8 Å². The van der Waals surface area contributed by atoms with Crippen LogP contribution in [0.5, 0.6) is 5.88 Å². The molecule has 0 radical (unpaired) electrons. The number of benzene rings is 1. The molecule has 0 fully saturated rings. The summed E-state index contributed by atoms with van der Waals surface area (Å²) in [6.07, 6.45) is 3.54. The lowest BCUT2D eigenvalue weighted by atomic mass is 9.99. The van der Waals surface area contributed by atoms with E-state index in [9.17, 15) is 4.79 Å². The number of fused-ring (bicyclic) bond motifs is 1. The Morgan fingerprint density at radius 3 is 2.81 bits per heavy atom. The molecule has 1 aromatic carbocycles. The summed E-state index contributed by atoms with van der Waals surface area (Å²) in [5.41, 5.74) is 5.73. The van der Waals surface area contributed by atoms with Crippen molar-refractivity contribution < 1.29 is 9.53 Å². The molecule has 3 rings (SSSR count). The summed E-state index contributed by atoms with van der Waals surface area (Å²) >= 11 is 0. The van der Waals surface area contributed by atoms with Crippen LogP contribution >= 0.6 is 0 Å². The Kier molecular flexibility index (Phi) is 5.57. The summed E-state index contributed by atoms with van der Waals surface area (Å²) in [7, 11) is 3.99. The molecule has 1 atom stereocenters. The number of aromatic nitrogens is 1. The van der Waals surface area contributed by atoms with Crippen LogP contribution in [0.15, 0.2) is 30.5 Å². The molecular weight excluding hydrogens is 326 g/mol. The van der Waals surface area contributed by atoms with E-state index in [0.717, 1.165) is 19.4 Å². The van der Waals surface area contributed by atoms with Gasteiger partial charge in [0.2, 0.25) is 5.88 Å². The van der Waals surface area contributed by atoms with E-state index in [0.29, 0.717) is 18.1 Å². The number of ether oxygens (including phenoxy) is 1. The van der Waals surface area contributed by atoms with Gasteiger partial charge in [-0.3, -0.25) is 4.79 Å². The summed E-state index contributed by atoms with van der Waals surface area (Å²) in [5, 5.41) is 3.16. The smallest absolute Gasteiger partial charge is 0.253 e. The third kappa shape index (κ3) is 4.22. The van der Waals surface area contributed by atoms with Gasteiger partial charge in [0.05, 0.1) is 11.6 Å². The van der Waals surface area contributed by atoms with Crippen molar-refractivity contribution in [2.45, 2.75) is 32.7 Å². The second-order valence-corrected chi connectivity index (χ2v) is 7.26. The molecule has 1 heterocycles. The summed E-state index contributed by atoms with van der Waals surface area (Å²) in [6, 6.07) is 8.02. The minimum absolute atomic E-state index is 0.0779. The highest BCUT2D eigenvalue weighted by Gasteiger charge is 2.26. The monoisotopic (exact) mass is 353 g/mol. The summed E-state index contributed by atoms with van der Waals surface area (Å²) in [4.78, 5) is 18.9. The number of nitrogens with zero attached hydrogens (tertiary/aromatic N) is 2. The van der Waals surface area contributed by atoms with Gasteiger partial charge in [-0.15, -0.1) is 0 Å². The van der Waals surface area contributed by atoms with Crippen molar-refractivity contribution in [3.05, 3.63) is 58.3 Å². The van der Waals surface area contributed by atoms with E-state index >= 15 is 0 Å². The molecule has 1 N–H and O–H groups in total. The van der Waals surface area contributed by atoms with Crippen LogP contribution in [0.25, 0.3) is 0 Å². The molecule has 0 saturated heterocycles. The Bertz CT molecular complexity index is 785. The number of hydrogen-bond acceptors (Lipinski definition) is 4. The zero-order chi connectivity index (χ0) is 18.7. The van der Waals surface area contributed by atoms with Crippen molar-refractivity contribution in [3.8, 4) is 5.88 Å². The van der Waals surface area contributed by atoms with Crippen LogP contribution < -0.4 is 10.1 Å². The van der Waals surface area contributed by atoms with Crippen molar-refractivity contribution >= 4 is 5.91 Å². The van der Waals surface area contributed by atoms with E-state index in [-0.39, 0.29) is 11.9 Å². The number of nitrogens with one attached hydrogen (secondary N) is 1. The van der Waals surface area contributed by atoms with Crippen molar-refractivity contribution in [2.75, 3.05) is 27.2 Å². The molecule has 1 aliphatic rings. The maximum Gasteiger partial charge on any atom is 0.253 e. The first-order valence-corrected chi connectivity index (χ1v) is 9.08. The zero-order valence-electron chi connectivity index (χ0n) is 16.0. The Labute approximate surface area is 155 Å². The number of aryl methyl sites for hydroxylation is 3. The van der Waals surface area contributed by atoms with E-state index in [1.807, 2.05) is 19.0 Å². The SMILES string of the molecule is Cc1cc(C)c2c(c1)CCC2NC(=O)c1ccc(OCCN(C)C)nc1. The van der Waals surface area contributed by atoms with Gasteiger partial charge in [-0.05, 0) is 63.5 Å². The predicted octanol–water partition coefficient (Wildman–Crippen LogP) is 3.06. The van der Waals surface area contributed by atoms with Gasteiger partial charge in [0.1, 0.15) is 6.61 Å². The predicted molar refractivity (Wildman–Crippen MR) is 103 cm³/mol. The maximum atomic E-state index is 12.6. The topological polar surface area (TPSA) is 54.5 Å². The molecule has 0 spiro atoms. The fourth-order valence-electron chi connectivity index (χ4n) is 3.54. The quantitative estimate of drug-likeness (QED) is 0.867. The summed E-state index contributed by atoms with van der Waals surface area (Å²) in [6.45, 7) is 5.64. The molecule has 0 saturated carbocycles. The van der Waals surface area contributed by atoms with Crippen LogP contribution in [0.1, 0.15) is 45.1 Å². The molecular formula is C21H27N3O2. The standard InChI is InChI=1S/C21H27N3O2/c1-14-11-15(2)20-16(12-14)5-7-18(20)23-21(25)17-6-8-19(22-13-17)26-10-9-24(3)4/h6,8,11-13,18H,5,7,9-10H2,1-4H3,(H,23,25). The Morgan fingerprint density at radius 1 is 1.31 bits per heavy atom. The average molecular weight is 353 g/mol. The number of amides is 1. The third-order valence-corrected chi connectivity index (χ3v) is 4.76. The largest absolute Gasteiger partial charge is 0.476 e. The van der Waals surface area contributed by atoms with E-state index in [4.69, 9.17) is 4.74 Å². The number of carbonyl (C=O) groups is 1. The van der Waals surface area contributed by atoms with E-state index < -0.39 is 0 Å². The Morgan fingerprint density at radius 2 is 2.12 bits per heavy atom. The minimum Gasteiger partial charge on any atom is -0.476 e. The van der Waals surface area contributed by atoms with Crippen molar-refractivity contribution in [3.63, 3.8) is 0 Å². The Hall–Kier alpha value is -2.40. The van der Waals surface area contributed by atoms with Gasteiger partial charge in [0.15, 0.2) is 0 Å². The van der Waals surface area contributed by atoms with Crippen LogP contribution in [0.4, 0.5) is 0 Å². The fourth-order valence-corrected chi connectivity index (χ4v) is 3.54. The second kappa shape index (κ2) is 7.87. The van der Waals surface area contributed by atoms with Crippen LogP contribution in [0.3, 0.4) is 0 Å². The van der Waals surface area contributed by atoms with Crippen molar-refractivity contribution in [1.82, 2.24) is 15.2 Å². The van der Waals surface area contributed by atoms with Gasteiger partial charge >= 0.3 is 0 Å². The van der Waals surface area contributed by atoms with Crippen LogP contribution in [-0.4, -0.2) is 43.0 Å². The Balaban J connectivity index is 1.63. The minimum atomic E-state index is -0.0878. The zero-order valence-corrected chi connectivity index (χ0v) is 16.0. The molecule has 5 heteroatoms. The van der Waals surface area contributed by atoms with Gasteiger partial charge < -0.3 is 15.0 Å². The van der Waals surface area contributed by atoms with Crippen LogP contribution in [0, 0.1) is 13.8 Å². The molecule has 1 aliphatic carbocycles. The molecule has 1 unspecified atom stereocenters. The van der Waals surface area contributed by atoms with E-state index in [1.165, 1.54) is 22.3 Å². The average Bonchev–Trinajstić information content (AvgIpc) is 2.98. The molecule has 1 aromatic heterocycles. The van der Waals surface area contributed by atoms with E-state index in [1.54, 1.807) is 18.3 Å². The highest BCUT2D eigenvalue weighted by molar-refractivity contribution is 5.94. The first-order chi connectivity index (χ1) is 12.4. The van der Waals surface area contributed by atoms with Gasteiger partial charge in [0.25, 0.3) is 5.91 Å². The summed E-state index contributed by atoms with van der Waals surface area (Å²) < 4.78 is 5.57. The fraction of sp³-hybridized carbons (Fsp3) is 0.429. The second-order valence-electron chi connectivity index (χ2n) is 7.26. The highest BCUT2D eigenvalue weighted by atomic mass is 16.5. The molecule has 1 amide bonds. The van der Waals surface area contributed by atoms with Crippen molar-refractivity contribution in [1.29, 1.82) is 0 Å². The number of pyridine rings is 1.